The van der Waals surface area contributed by atoms with Gasteiger partial charge in [0, 0.05) is 13.1 Å². The highest BCUT2D eigenvalue weighted by atomic mass is 32.2. The second-order valence-electron chi connectivity index (χ2n) is 6.05. The van der Waals surface area contributed by atoms with Gasteiger partial charge in [0.15, 0.2) is 4.32 Å². The van der Waals surface area contributed by atoms with Crippen molar-refractivity contribution in [3.63, 3.8) is 0 Å². The Hall–Kier alpha value is -2.44. The average Bonchev–Trinajstić information content (AvgIpc) is 3.12. The van der Waals surface area contributed by atoms with Gasteiger partial charge in [-0.05, 0) is 36.2 Å². The van der Waals surface area contributed by atoms with Crippen molar-refractivity contribution in [3.8, 4) is 0 Å². The Balaban J connectivity index is 1.69. The monoisotopic (exact) mass is 379 g/mol. The molecule has 1 fully saturated rings. The third kappa shape index (κ3) is 2.85. The molecule has 6 heteroatoms. The molecule has 0 N–H and O–H groups in total. The van der Waals surface area contributed by atoms with Crippen molar-refractivity contribution in [1.29, 1.82) is 0 Å². The Labute approximate surface area is 161 Å². The number of thioether (sulfide) groups is 1. The van der Waals surface area contributed by atoms with Crippen molar-refractivity contribution in [2.75, 3.05) is 4.90 Å². The molecule has 0 atom stereocenters. The summed E-state index contributed by atoms with van der Waals surface area (Å²) in [6, 6.07) is 15.9. The van der Waals surface area contributed by atoms with E-state index in [4.69, 9.17) is 12.2 Å². The summed E-state index contributed by atoms with van der Waals surface area (Å²) in [6.45, 7) is 2.11. The second-order valence-corrected chi connectivity index (χ2v) is 7.73. The van der Waals surface area contributed by atoms with Crippen molar-refractivity contribution in [3.05, 3.63) is 64.8 Å². The molecule has 0 spiro atoms. The Morgan fingerprint density at radius 3 is 2.58 bits per heavy atom. The van der Waals surface area contributed by atoms with E-state index in [0.29, 0.717) is 9.23 Å². The molecule has 130 valence electrons. The lowest BCUT2D eigenvalue weighted by Gasteiger charge is -2.14. The summed E-state index contributed by atoms with van der Waals surface area (Å²) in [4.78, 5) is 19.7. The number of anilines is 1. The number of carbonyl (C=O) groups is 1. The van der Waals surface area contributed by atoms with Crippen LogP contribution in [0, 0.1) is 0 Å². The lowest BCUT2D eigenvalue weighted by atomic mass is 10.1. The van der Waals surface area contributed by atoms with Gasteiger partial charge in [-0.25, -0.2) is 4.98 Å². The molecule has 1 aliphatic heterocycles. The zero-order valence-electron chi connectivity index (χ0n) is 14.5. The maximum absolute atomic E-state index is 12.9. The van der Waals surface area contributed by atoms with Crippen LogP contribution in [0.4, 0.5) is 5.69 Å². The number of aryl methyl sites for hydroxylation is 2. The number of hydrogen-bond acceptors (Lipinski definition) is 4. The van der Waals surface area contributed by atoms with E-state index in [1.807, 2.05) is 66.2 Å². The Bertz CT molecular complexity index is 1050. The zero-order chi connectivity index (χ0) is 18.3. The fourth-order valence-corrected chi connectivity index (χ4v) is 4.25. The van der Waals surface area contributed by atoms with Crippen molar-refractivity contribution >= 4 is 57.0 Å². The molecule has 0 unspecified atom stereocenters. The molecule has 2 heterocycles. The highest BCUT2D eigenvalue weighted by molar-refractivity contribution is 8.27. The molecule has 1 aromatic heterocycles. The standard InChI is InChI=1S/C20H17N3OS2/c1-3-13-8-10-14(11-9-13)23-19(24)17(26-20(23)25)12-18-21-15-6-4-5-7-16(15)22(18)2/h4-12H,3H2,1-2H3/b17-12+. The third-order valence-corrected chi connectivity index (χ3v) is 5.78. The molecule has 1 amide bonds. The van der Waals surface area contributed by atoms with Crippen LogP contribution in [0.25, 0.3) is 17.1 Å². The predicted molar refractivity (Wildman–Crippen MR) is 112 cm³/mol. The van der Waals surface area contributed by atoms with Crippen LogP contribution >= 0.6 is 24.0 Å². The normalized spacial score (nSPS) is 16.2. The van der Waals surface area contributed by atoms with Gasteiger partial charge in [-0.2, -0.15) is 0 Å². The van der Waals surface area contributed by atoms with Crippen LogP contribution in [0.1, 0.15) is 18.3 Å². The molecule has 26 heavy (non-hydrogen) atoms. The van der Waals surface area contributed by atoms with Crippen LogP contribution in [0.2, 0.25) is 0 Å². The number of amides is 1. The molecular weight excluding hydrogens is 362 g/mol. The average molecular weight is 380 g/mol. The molecule has 1 aliphatic rings. The van der Waals surface area contributed by atoms with Crippen LogP contribution in [-0.2, 0) is 18.3 Å². The maximum atomic E-state index is 12.9. The smallest absolute Gasteiger partial charge is 0.270 e. The van der Waals surface area contributed by atoms with Crippen LogP contribution in [-0.4, -0.2) is 19.8 Å². The minimum absolute atomic E-state index is 0.101. The quantitative estimate of drug-likeness (QED) is 0.495. The number of nitrogens with zero attached hydrogens (tertiary/aromatic N) is 3. The van der Waals surface area contributed by atoms with Crippen LogP contribution in [0.3, 0.4) is 0 Å². The van der Waals surface area contributed by atoms with Gasteiger partial charge >= 0.3 is 0 Å². The fourth-order valence-electron chi connectivity index (χ4n) is 2.98. The summed E-state index contributed by atoms with van der Waals surface area (Å²) in [5, 5.41) is 0. The van der Waals surface area contributed by atoms with E-state index >= 15 is 0 Å². The SMILES string of the molecule is CCc1ccc(N2C(=O)/C(=C\c3nc4ccccc4n3C)SC2=S)cc1. The van der Waals surface area contributed by atoms with Gasteiger partial charge in [0.05, 0.1) is 21.6 Å². The van der Waals surface area contributed by atoms with E-state index in [-0.39, 0.29) is 5.91 Å². The predicted octanol–water partition coefficient (Wildman–Crippen LogP) is 4.54. The molecule has 0 bridgehead atoms. The second kappa shape index (κ2) is 6.70. The topological polar surface area (TPSA) is 38.1 Å². The van der Waals surface area contributed by atoms with Crippen molar-refractivity contribution in [2.45, 2.75) is 13.3 Å². The lowest BCUT2D eigenvalue weighted by molar-refractivity contribution is -0.113. The van der Waals surface area contributed by atoms with Gasteiger partial charge in [-0.1, -0.05) is 55.2 Å². The summed E-state index contributed by atoms with van der Waals surface area (Å²) in [5.74, 6) is 0.643. The largest absolute Gasteiger partial charge is 0.328 e. The molecular formula is C20H17N3OS2. The highest BCUT2D eigenvalue weighted by Gasteiger charge is 2.33. The van der Waals surface area contributed by atoms with E-state index in [0.717, 1.165) is 29.0 Å². The minimum atomic E-state index is -0.101. The number of rotatable bonds is 3. The van der Waals surface area contributed by atoms with Crippen molar-refractivity contribution in [1.82, 2.24) is 9.55 Å². The van der Waals surface area contributed by atoms with Crippen LogP contribution in [0.15, 0.2) is 53.4 Å². The van der Waals surface area contributed by atoms with Gasteiger partial charge < -0.3 is 4.57 Å². The molecule has 2 aromatic carbocycles. The Morgan fingerprint density at radius 1 is 1.15 bits per heavy atom. The first-order valence-corrected chi connectivity index (χ1v) is 9.59. The molecule has 0 saturated carbocycles. The summed E-state index contributed by atoms with van der Waals surface area (Å²) in [5.41, 5.74) is 3.98. The molecule has 4 rings (SSSR count). The summed E-state index contributed by atoms with van der Waals surface area (Å²) >= 11 is 6.77. The van der Waals surface area contributed by atoms with Crippen LogP contribution in [0.5, 0.6) is 0 Å². The van der Waals surface area contributed by atoms with Crippen LogP contribution < -0.4 is 4.90 Å². The van der Waals surface area contributed by atoms with E-state index < -0.39 is 0 Å². The Kier molecular flexibility index (Phi) is 4.38. The van der Waals surface area contributed by atoms with Gasteiger partial charge in [0.25, 0.3) is 5.91 Å². The van der Waals surface area contributed by atoms with E-state index in [9.17, 15) is 4.79 Å². The lowest BCUT2D eigenvalue weighted by Crippen LogP contribution is -2.27. The molecule has 0 aliphatic carbocycles. The number of para-hydroxylation sites is 2. The Morgan fingerprint density at radius 2 is 1.88 bits per heavy atom. The first-order valence-electron chi connectivity index (χ1n) is 8.37. The highest BCUT2D eigenvalue weighted by Crippen LogP contribution is 2.36. The molecule has 3 aromatic rings. The van der Waals surface area contributed by atoms with E-state index in [2.05, 4.69) is 11.9 Å². The fraction of sp³-hybridized carbons (Fsp3) is 0.150. The van der Waals surface area contributed by atoms with E-state index in [1.165, 1.54) is 17.3 Å². The number of imidazole rings is 1. The van der Waals surface area contributed by atoms with Gasteiger partial charge in [0.2, 0.25) is 0 Å². The summed E-state index contributed by atoms with van der Waals surface area (Å²) in [7, 11) is 1.95. The third-order valence-electron chi connectivity index (χ3n) is 4.48. The van der Waals surface area contributed by atoms with Gasteiger partial charge in [-0.15, -0.1) is 0 Å². The zero-order valence-corrected chi connectivity index (χ0v) is 16.1. The number of hydrogen-bond donors (Lipinski definition) is 0. The number of aromatic nitrogens is 2. The first-order chi connectivity index (χ1) is 12.6. The van der Waals surface area contributed by atoms with Crippen molar-refractivity contribution in [2.24, 2.45) is 7.05 Å². The number of benzene rings is 2. The maximum Gasteiger partial charge on any atom is 0.270 e. The molecule has 0 radical (unpaired) electrons. The minimum Gasteiger partial charge on any atom is -0.328 e. The molecule has 4 nitrogen and oxygen atoms in total. The first kappa shape index (κ1) is 17.0. The number of carbonyl (C=O) groups excluding carboxylic acids is 1. The van der Waals surface area contributed by atoms with Gasteiger partial charge in [0.1, 0.15) is 5.82 Å². The van der Waals surface area contributed by atoms with Crippen molar-refractivity contribution < 1.29 is 4.79 Å². The number of fused-ring (bicyclic) bond motifs is 1. The van der Waals surface area contributed by atoms with E-state index in [1.54, 1.807) is 4.90 Å². The number of thiocarbonyl (C=S) groups is 1. The van der Waals surface area contributed by atoms with Gasteiger partial charge in [-0.3, -0.25) is 9.69 Å². The summed E-state index contributed by atoms with van der Waals surface area (Å²) in [6.07, 6.45) is 2.78. The summed E-state index contributed by atoms with van der Waals surface area (Å²) < 4.78 is 2.53. The molecule has 1 saturated heterocycles.